The standard InChI is InChI=1S/C31H25N4P/c1-5-16-27(17-6-1)32-25-26-15-13-14-24-31(26)33-34-35-36(28-18-7-2-8-19-28,29-20-9-3-10-21-29)30-22-11-4-12-23-30/h1-25H. The van der Waals surface area contributed by atoms with Gasteiger partial charge in [-0.15, -0.1) is 9.97 Å². The third-order valence-corrected chi connectivity index (χ3v) is 9.25. The van der Waals surface area contributed by atoms with Crippen LogP contribution in [-0.4, -0.2) is 6.21 Å². The van der Waals surface area contributed by atoms with Crippen LogP contribution in [0.25, 0.3) is 0 Å². The van der Waals surface area contributed by atoms with Crippen LogP contribution in [0.2, 0.25) is 0 Å². The summed E-state index contributed by atoms with van der Waals surface area (Å²) in [6.07, 6.45) is 1.82. The molecule has 0 radical (unpaired) electrons. The molecule has 5 aromatic rings. The van der Waals surface area contributed by atoms with Gasteiger partial charge in [0.1, 0.15) is 0 Å². The van der Waals surface area contributed by atoms with Crippen molar-refractivity contribution >= 4 is 40.6 Å². The van der Waals surface area contributed by atoms with Gasteiger partial charge in [0.15, 0.2) is 0 Å². The fourth-order valence-corrected chi connectivity index (χ4v) is 7.18. The van der Waals surface area contributed by atoms with Crippen LogP contribution in [-0.2, 0) is 0 Å². The molecule has 5 rings (SSSR count). The summed E-state index contributed by atoms with van der Waals surface area (Å²) in [5.74, 6) is 0. The molecule has 0 saturated heterocycles. The van der Waals surface area contributed by atoms with E-state index in [1.807, 2.05) is 79.0 Å². The Morgan fingerprint density at radius 1 is 0.472 bits per heavy atom. The molecule has 0 saturated carbocycles. The van der Waals surface area contributed by atoms with Crippen molar-refractivity contribution in [2.75, 3.05) is 0 Å². The Kier molecular flexibility index (Phi) is 7.36. The third-order valence-electron chi connectivity index (χ3n) is 5.76. The van der Waals surface area contributed by atoms with Gasteiger partial charge in [-0.3, -0.25) is 4.99 Å². The number of aliphatic imine (C=N–C) groups is 1. The van der Waals surface area contributed by atoms with Gasteiger partial charge in [-0.05, 0) is 23.4 Å². The topological polar surface area (TPSA) is 49.4 Å². The van der Waals surface area contributed by atoms with Crippen LogP contribution < -0.4 is 15.9 Å². The van der Waals surface area contributed by atoms with Crippen molar-refractivity contribution in [2.24, 2.45) is 20.2 Å². The lowest BCUT2D eigenvalue weighted by atomic mass is 10.2. The molecule has 36 heavy (non-hydrogen) atoms. The maximum atomic E-state index is 5.05. The number of rotatable bonds is 7. The van der Waals surface area contributed by atoms with Crippen LogP contribution in [0.1, 0.15) is 5.56 Å². The van der Waals surface area contributed by atoms with Gasteiger partial charge in [0.2, 0.25) is 0 Å². The minimum atomic E-state index is -2.44. The second-order valence-electron chi connectivity index (χ2n) is 8.07. The van der Waals surface area contributed by atoms with Crippen molar-refractivity contribution < 1.29 is 0 Å². The highest BCUT2D eigenvalue weighted by molar-refractivity contribution is 7.87. The van der Waals surface area contributed by atoms with Crippen molar-refractivity contribution in [1.29, 1.82) is 0 Å². The minimum absolute atomic E-state index is 0.716. The average molecular weight is 485 g/mol. The molecule has 0 heterocycles. The number of hydrogen-bond acceptors (Lipinski definition) is 2. The van der Waals surface area contributed by atoms with E-state index < -0.39 is 7.05 Å². The molecule has 0 fully saturated rings. The van der Waals surface area contributed by atoms with Crippen molar-refractivity contribution in [3.63, 3.8) is 0 Å². The fraction of sp³-hybridized carbons (Fsp3) is 0. The van der Waals surface area contributed by atoms with Crippen molar-refractivity contribution in [1.82, 2.24) is 0 Å². The maximum absolute atomic E-state index is 5.05. The second-order valence-corrected chi connectivity index (χ2v) is 11.1. The Labute approximate surface area is 211 Å². The first-order valence-electron chi connectivity index (χ1n) is 11.7. The Bertz CT molecular complexity index is 1410. The lowest BCUT2D eigenvalue weighted by molar-refractivity contribution is 1.08. The van der Waals surface area contributed by atoms with E-state index in [0.29, 0.717) is 5.69 Å². The molecule has 0 bridgehead atoms. The molecule has 5 heteroatoms. The Hall–Kier alpha value is -4.40. The normalized spacial score (nSPS) is 11.7. The van der Waals surface area contributed by atoms with E-state index in [0.717, 1.165) is 27.2 Å². The molecule has 4 nitrogen and oxygen atoms in total. The van der Waals surface area contributed by atoms with Crippen LogP contribution in [0.4, 0.5) is 11.4 Å². The molecule has 0 atom stereocenters. The van der Waals surface area contributed by atoms with Gasteiger partial charge in [-0.1, -0.05) is 127 Å². The summed E-state index contributed by atoms with van der Waals surface area (Å²) >= 11 is 0. The van der Waals surface area contributed by atoms with Crippen LogP contribution in [0.5, 0.6) is 0 Å². The maximum Gasteiger partial charge on any atom is 0.0962 e. The van der Waals surface area contributed by atoms with Gasteiger partial charge < -0.3 is 0 Å². The van der Waals surface area contributed by atoms with E-state index in [1.54, 1.807) is 0 Å². The van der Waals surface area contributed by atoms with Gasteiger partial charge in [-0.25, -0.2) is 0 Å². The summed E-state index contributed by atoms with van der Waals surface area (Å²) in [6, 6.07) is 48.9. The summed E-state index contributed by atoms with van der Waals surface area (Å²) in [5.41, 5.74) is 2.48. The van der Waals surface area contributed by atoms with Crippen LogP contribution in [0, 0.1) is 0 Å². The van der Waals surface area contributed by atoms with E-state index in [2.05, 4.69) is 88.1 Å². The van der Waals surface area contributed by atoms with Gasteiger partial charge in [0.05, 0.1) is 18.4 Å². The average Bonchev–Trinajstić information content (AvgIpc) is 2.97. The lowest BCUT2D eigenvalue weighted by Crippen LogP contribution is -2.25. The van der Waals surface area contributed by atoms with E-state index >= 15 is 0 Å². The van der Waals surface area contributed by atoms with Crippen molar-refractivity contribution in [3.8, 4) is 0 Å². The van der Waals surface area contributed by atoms with Gasteiger partial charge in [-0.2, -0.15) is 0 Å². The molecular weight excluding hydrogens is 459 g/mol. The quantitative estimate of drug-likeness (QED) is 0.0988. The van der Waals surface area contributed by atoms with E-state index in [9.17, 15) is 0 Å². The van der Waals surface area contributed by atoms with E-state index in [-0.39, 0.29) is 0 Å². The second kappa shape index (κ2) is 11.4. The van der Waals surface area contributed by atoms with Crippen molar-refractivity contribution in [2.45, 2.75) is 0 Å². The van der Waals surface area contributed by atoms with E-state index in [1.165, 1.54) is 0 Å². The van der Waals surface area contributed by atoms with Gasteiger partial charge in [0.25, 0.3) is 0 Å². The van der Waals surface area contributed by atoms with Crippen LogP contribution in [0.15, 0.2) is 166 Å². The molecule has 0 spiro atoms. The Morgan fingerprint density at radius 2 is 0.917 bits per heavy atom. The third kappa shape index (κ3) is 5.14. The zero-order valence-electron chi connectivity index (χ0n) is 19.7. The first-order valence-corrected chi connectivity index (χ1v) is 13.5. The smallest absolute Gasteiger partial charge is 0.0962 e. The number of para-hydroxylation sites is 1. The molecule has 0 aliphatic carbocycles. The molecule has 0 unspecified atom stereocenters. The number of benzene rings is 5. The van der Waals surface area contributed by atoms with Crippen LogP contribution in [0.3, 0.4) is 0 Å². The molecule has 174 valence electrons. The highest BCUT2D eigenvalue weighted by Crippen LogP contribution is 2.46. The molecular formula is C31H25N4P. The summed E-state index contributed by atoms with van der Waals surface area (Å²) in [6.45, 7) is 0. The molecule has 0 amide bonds. The zero-order valence-corrected chi connectivity index (χ0v) is 20.6. The lowest BCUT2D eigenvalue weighted by Gasteiger charge is -2.24. The van der Waals surface area contributed by atoms with Gasteiger partial charge >= 0.3 is 0 Å². The molecule has 0 aliphatic heterocycles. The SMILES string of the molecule is C(=Nc1ccccc1)c1ccccc1N=NN=P(c1ccccc1)(c1ccccc1)c1ccccc1. The predicted molar refractivity (Wildman–Crippen MR) is 152 cm³/mol. The number of nitrogens with zero attached hydrogens (tertiary/aromatic N) is 4. The summed E-state index contributed by atoms with van der Waals surface area (Å²) in [7, 11) is -2.44. The monoisotopic (exact) mass is 484 g/mol. The van der Waals surface area contributed by atoms with Crippen LogP contribution >= 0.6 is 7.05 Å². The Balaban J connectivity index is 1.64. The van der Waals surface area contributed by atoms with Crippen molar-refractivity contribution in [3.05, 3.63) is 151 Å². The first kappa shape index (κ1) is 23.3. The molecule has 0 N–H and O–H groups in total. The molecule has 5 aromatic carbocycles. The minimum Gasteiger partial charge on any atom is -0.256 e. The first-order chi connectivity index (χ1) is 17.9. The number of hydrogen-bond donors (Lipinski definition) is 0. The summed E-state index contributed by atoms with van der Waals surface area (Å²) in [4.78, 5) is 9.63. The zero-order chi connectivity index (χ0) is 24.5. The summed E-state index contributed by atoms with van der Waals surface area (Å²) in [5, 5.41) is 12.4. The van der Waals surface area contributed by atoms with E-state index in [4.69, 9.17) is 4.85 Å². The summed E-state index contributed by atoms with van der Waals surface area (Å²) < 4.78 is 0. The molecule has 0 aromatic heterocycles. The highest BCUT2D eigenvalue weighted by Gasteiger charge is 2.27. The predicted octanol–water partition coefficient (Wildman–Crippen LogP) is 7.61. The molecule has 0 aliphatic rings. The van der Waals surface area contributed by atoms with Gasteiger partial charge in [0, 0.05) is 27.7 Å². The highest BCUT2D eigenvalue weighted by atomic mass is 31.2. The Morgan fingerprint density at radius 3 is 1.44 bits per heavy atom. The largest absolute Gasteiger partial charge is 0.256 e. The fourth-order valence-electron chi connectivity index (χ4n) is 4.01.